The summed E-state index contributed by atoms with van der Waals surface area (Å²) in [5.74, 6) is -0.758. The molecule has 0 unspecified atom stereocenters. The predicted molar refractivity (Wildman–Crippen MR) is 79.5 cm³/mol. The van der Waals surface area contributed by atoms with Crippen LogP contribution in [0.4, 0.5) is 15.8 Å². The van der Waals surface area contributed by atoms with Gasteiger partial charge in [0.25, 0.3) is 5.91 Å². The summed E-state index contributed by atoms with van der Waals surface area (Å²) in [4.78, 5) is 12.1. The van der Waals surface area contributed by atoms with Crippen LogP contribution in [0.15, 0.2) is 40.9 Å². The fourth-order valence-corrected chi connectivity index (χ4v) is 2.11. The van der Waals surface area contributed by atoms with Crippen LogP contribution in [0.2, 0.25) is 0 Å². The Bertz CT molecular complexity index is 647. The van der Waals surface area contributed by atoms with Crippen LogP contribution in [0.3, 0.4) is 0 Å². The third-order valence-electron chi connectivity index (χ3n) is 2.71. The van der Waals surface area contributed by atoms with Gasteiger partial charge >= 0.3 is 0 Å². The number of carbonyl (C=O) groups excluding carboxylic acids is 1. The van der Waals surface area contributed by atoms with Gasteiger partial charge in [0.05, 0.1) is 17.3 Å². The van der Waals surface area contributed by atoms with Gasteiger partial charge < -0.3 is 15.8 Å². The second-order valence-electron chi connectivity index (χ2n) is 3.98. The van der Waals surface area contributed by atoms with Crippen molar-refractivity contribution in [2.24, 2.45) is 0 Å². The lowest BCUT2D eigenvalue weighted by Gasteiger charge is -2.14. The number of methoxy groups -OCH3 is 1. The number of anilines is 2. The van der Waals surface area contributed by atoms with E-state index in [2.05, 4.69) is 21.2 Å². The number of halogens is 2. The second-order valence-corrected chi connectivity index (χ2v) is 4.84. The predicted octanol–water partition coefficient (Wildman–Crippen LogP) is 3.43. The van der Waals surface area contributed by atoms with Gasteiger partial charge in [0.15, 0.2) is 5.82 Å². The number of nitrogens with two attached hydrogens (primary N) is 1. The highest BCUT2D eigenvalue weighted by atomic mass is 79.9. The van der Waals surface area contributed by atoms with Crippen molar-refractivity contribution in [2.75, 3.05) is 18.2 Å². The van der Waals surface area contributed by atoms with Crippen LogP contribution >= 0.6 is 15.9 Å². The number of rotatable bonds is 3. The van der Waals surface area contributed by atoms with Crippen molar-refractivity contribution in [1.29, 1.82) is 0 Å². The first-order valence-electron chi connectivity index (χ1n) is 5.72. The van der Waals surface area contributed by atoms with E-state index in [1.165, 1.54) is 13.2 Å². The molecule has 0 fully saturated rings. The lowest BCUT2D eigenvalue weighted by atomic mass is 10.2. The number of ether oxygens (including phenoxy) is 1. The van der Waals surface area contributed by atoms with Gasteiger partial charge in [-0.2, -0.15) is 0 Å². The molecule has 2 aromatic carbocycles. The quantitative estimate of drug-likeness (QED) is 0.842. The molecule has 0 heterocycles. The average molecular weight is 339 g/mol. The molecule has 0 bridgehead atoms. The maximum Gasteiger partial charge on any atom is 0.255 e. The van der Waals surface area contributed by atoms with Crippen molar-refractivity contribution in [3.05, 3.63) is 52.3 Å². The summed E-state index contributed by atoms with van der Waals surface area (Å²) in [5, 5.41) is 2.56. The van der Waals surface area contributed by atoms with Crippen molar-refractivity contribution in [3.63, 3.8) is 0 Å². The minimum absolute atomic E-state index is 0.113. The maximum atomic E-state index is 13.8. The lowest BCUT2D eigenvalue weighted by molar-refractivity contribution is 0.102. The van der Waals surface area contributed by atoms with Crippen LogP contribution in [0.25, 0.3) is 0 Å². The fraction of sp³-hybridized carbons (Fsp3) is 0.0714. The average Bonchev–Trinajstić information content (AvgIpc) is 2.48. The zero-order chi connectivity index (χ0) is 14.7. The number of nitrogen functional groups attached to an aromatic ring is 1. The molecule has 4 nitrogen and oxygen atoms in total. The largest absolute Gasteiger partial charge is 0.494 e. The summed E-state index contributed by atoms with van der Waals surface area (Å²) in [6, 6.07) is 9.97. The molecule has 3 N–H and O–H groups in total. The molecule has 0 aliphatic rings. The van der Waals surface area contributed by atoms with Gasteiger partial charge in [-0.05, 0) is 34.1 Å². The first kappa shape index (κ1) is 14.3. The minimum Gasteiger partial charge on any atom is -0.494 e. The molecule has 2 rings (SSSR count). The van der Waals surface area contributed by atoms with E-state index in [1.54, 1.807) is 30.3 Å². The summed E-state index contributed by atoms with van der Waals surface area (Å²) in [5.41, 5.74) is 6.06. The zero-order valence-corrected chi connectivity index (χ0v) is 12.2. The highest BCUT2D eigenvalue weighted by molar-refractivity contribution is 9.10. The maximum absolute atomic E-state index is 13.8. The summed E-state index contributed by atoms with van der Waals surface area (Å²) in [6.07, 6.45) is 0. The number of hydrogen-bond acceptors (Lipinski definition) is 3. The zero-order valence-electron chi connectivity index (χ0n) is 10.6. The van der Waals surface area contributed by atoms with Gasteiger partial charge in [-0.3, -0.25) is 4.79 Å². The van der Waals surface area contributed by atoms with Crippen LogP contribution in [0.1, 0.15) is 10.4 Å². The van der Waals surface area contributed by atoms with E-state index in [0.29, 0.717) is 5.56 Å². The first-order valence-corrected chi connectivity index (χ1v) is 6.51. The Balaban J connectivity index is 2.39. The number of nitrogens with one attached hydrogen (secondary N) is 1. The lowest BCUT2D eigenvalue weighted by Crippen LogP contribution is -2.14. The Hall–Kier alpha value is -2.08. The molecular formula is C14H12BrFN2O2. The van der Waals surface area contributed by atoms with Gasteiger partial charge in [-0.1, -0.05) is 18.2 Å². The van der Waals surface area contributed by atoms with Gasteiger partial charge in [0, 0.05) is 5.56 Å². The Morgan fingerprint density at radius 3 is 2.60 bits per heavy atom. The van der Waals surface area contributed by atoms with E-state index in [0.717, 1.165) is 0 Å². The number of carbonyl (C=O) groups is 1. The van der Waals surface area contributed by atoms with Crippen molar-refractivity contribution in [2.45, 2.75) is 0 Å². The number of amides is 1. The molecular weight excluding hydrogens is 327 g/mol. The third-order valence-corrected chi connectivity index (χ3v) is 3.29. The molecule has 0 spiro atoms. The van der Waals surface area contributed by atoms with E-state index in [4.69, 9.17) is 10.5 Å². The normalized spacial score (nSPS) is 10.2. The van der Waals surface area contributed by atoms with E-state index >= 15 is 0 Å². The monoisotopic (exact) mass is 338 g/mol. The van der Waals surface area contributed by atoms with Crippen LogP contribution < -0.4 is 15.8 Å². The van der Waals surface area contributed by atoms with Gasteiger partial charge in [-0.25, -0.2) is 4.39 Å². The highest BCUT2D eigenvalue weighted by Crippen LogP contribution is 2.37. The smallest absolute Gasteiger partial charge is 0.255 e. The minimum atomic E-state index is -0.644. The SMILES string of the molecule is COc1cc(Br)c(F)c(N)c1NC(=O)c1ccccc1. The van der Waals surface area contributed by atoms with E-state index in [-0.39, 0.29) is 21.6 Å². The topological polar surface area (TPSA) is 64.3 Å². The molecule has 0 aromatic heterocycles. The van der Waals surface area contributed by atoms with E-state index in [1.807, 2.05) is 0 Å². The molecule has 0 atom stereocenters. The van der Waals surface area contributed by atoms with E-state index < -0.39 is 11.7 Å². The third kappa shape index (κ3) is 2.75. The Morgan fingerprint density at radius 1 is 1.35 bits per heavy atom. The first-order chi connectivity index (χ1) is 9.54. The summed E-state index contributed by atoms with van der Waals surface area (Å²) < 4.78 is 19.1. The summed E-state index contributed by atoms with van der Waals surface area (Å²) >= 11 is 3.04. The van der Waals surface area contributed by atoms with Crippen molar-refractivity contribution < 1.29 is 13.9 Å². The number of benzene rings is 2. The van der Waals surface area contributed by atoms with Crippen LogP contribution in [-0.4, -0.2) is 13.0 Å². The van der Waals surface area contributed by atoms with Crippen LogP contribution in [-0.2, 0) is 0 Å². The Morgan fingerprint density at radius 2 is 2.00 bits per heavy atom. The van der Waals surface area contributed by atoms with Crippen LogP contribution in [0.5, 0.6) is 5.75 Å². The highest BCUT2D eigenvalue weighted by Gasteiger charge is 2.18. The molecule has 0 radical (unpaired) electrons. The standard InChI is InChI=1S/C14H12BrFN2O2/c1-20-10-7-9(15)11(16)12(17)13(10)18-14(19)8-5-3-2-4-6-8/h2-7H,17H2,1H3,(H,18,19). The van der Waals surface area contributed by atoms with Gasteiger partial charge in [-0.15, -0.1) is 0 Å². The van der Waals surface area contributed by atoms with Gasteiger partial charge in [0.2, 0.25) is 0 Å². The second kappa shape index (κ2) is 5.92. The van der Waals surface area contributed by atoms with Crippen molar-refractivity contribution in [3.8, 4) is 5.75 Å². The molecule has 2 aromatic rings. The molecule has 0 saturated heterocycles. The summed E-state index contributed by atoms with van der Waals surface area (Å²) in [7, 11) is 1.41. The van der Waals surface area contributed by atoms with Gasteiger partial charge in [0.1, 0.15) is 11.4 Å². The van der Waals surface area contributed by atoms with Crippen molar-refractivity contribution in [1.82, 2.24) is 0 Å². The molecule has 6 heteroatoms. The molecule has 1 amide bonds. The van der Waals surface area contributed by atoms with Crippen molar-refractivity contribution >= 4 is 33.2 Å². The number of hydrogen-bond donors (Lipinski definition) is 2. The molecule has 20 heavy (non-hydrogen) atoms. The van der Waals surface area contributed by atoms with Crippen LogP contribution in [0, 0.1) is 5.82 Å². The Kier molecular flexibility index (Phi) is 4.24. The fourth-order valence-electron chi connectivity index (χ4n) is 1.69. The molecule has 0 aliphatic heterocycles. The van der Waals surface area contributed by atoms with E-state index in [9.17, 15) is 9.18 Å². The summed E-state index contributed by atoms with van der Waals surface area (Å²) in [6.45, 7) is 0. The molecule has 0 aliphatic carbocycles. The molecule has 104 valence electrons. The molecule has 0 saturated carbocycles. The Labute approximate surface area is 123 Å².